The number of nitrogens with one attached hydrogen (secondary N) is 1. The fourth-order valence-corrected chi connectivity index (χ4v) is 2.73. The molecule has 4 nitrogen and oxygen atoms in total. The monoisotopic (exact) mass is 263 g/mol. The minimum atomic E-state index is 0.435. The Kier molecular flexibility index (Phi) is 4.61. The maximum absolute atomic E-state index is 5.53. The molecule has 19 heavy (non-hydrogen) atoms. The van der Waals surface area contributed by atoms with Crippen LogP contribution in [0.3, 0.4) is 0 Å². The summed E-state index contributed by atoms with van der Waals surface area (Å²) in [6.07, 6.45) is 7.58. The minimum absolute atomic E-state index is 0.435. The van der Waals surface area contributed by atoms with Crippen molar-refractivity contribution < 1.29 is 4.74 Å². The van der Waals surface area contributed by atoms with Gasteiger partial charge in [-0.2, -0.15) is 0 Å². The normalized spacial score (nSPS) is 21.9. The highest BCUT2D eigenvalue weighted by molar-refractivity contribution is 5.38. The number of hydrogen-bond donors (Lipinski definition) is 1. The molecule has 0 spiro atoms. The molecule has 0 radical (unpaired) electrons. The van der Waals surface area contributed by atoms with E-state index in [1.807, 2.05) is 6.07 Å². The van der Waals surface area contributed by atoms with Crippen LogP contribution in [0.15, 0.2) is 12.4 Å². The first-order chi connectivity index (χ1) is 9.09. The van der Waals surface area contributed by atoms with Gasteiger partial charge in [0, 0.05) is 12.1 Å². The average molecular weight is 263 g/mol. The third-order valence-corrected chi connectivity index (χ3v) is 3.65. The number of anilines is 1. The fourth-order valence-electron chi connectivity index (χ4n) is 2.73. The first kappa shape index (κ1) is 14.1. The molecule has 1 unspecified atom stereocenters. The molecule has 1 atom stereocenters. The average Bonchev–Trinajstić information content (AvgIpc) is 2.35. The Morgan fingerprint density at radius 3 is 3.00 bits per heavy atom. The summed E-state index contributed by atoms with van der Waals surface area (Å²) in [5.41, 5.74) is 0.435. The lowest BCUT2D eigenvalue weighted by atomic mass is 9.75. The van der Waals surface area contributed by atoms with Gasteiger partial charge in [0.05, 0.1) is 6.61 Å². The second kappa shape index (κ2) is 6.22. The summed E-state index contributed by atoms with van der Waals surface area (Å²) >= 11 is 0. The number of nitrogens with zero attached hydrogens (tertiary/aromatic N) is 2. The van der Waals surface area contributed by atoms with Gasteiger partial charge in [0.2, 0.25) is 5.88 Å². The molecule has 4 heteroatoms. The molecule has 0 aromatic carbocycles. The molecule has 1 aliphatic rings. The van der Waals surface area contributed by atoms with E-state index < -0.39 is 0 Å². The van der Waals surface area contributed by atoms with Gasteiger partial charge in [-0.15, -0.1) is 0 Å². The molecule has 0 bridgehead atoms. The minimum Gasteiger partial charge on any atom is -0.478 e. The Labute approximate surface area is 116 Å². The highest BCUT2D eigenvalue weighted by atomic mass is 16.5. The maximum atomic E-state index is 5.53. The Bertz CT molecular complexity index is 406. The molecule has 1 saturated carbocycles. The molecule has 1 fully saturated rings. The lowest BCUT2D eigenvalue weighted by molar-refractivity contribution is 0.229. The molecule has 1 N–H and O–H groups in total. The van der Waals surface area contributed by atoms with Crippen LogP contribution in [0.4, 0.5) is 5.82 Å². The highest BCUT2D eigenvalue weighted by Crippen LogP contribution is 2.36. The van der Waals surface area contributed by atoms with Gasteiger partial charge < -0.3 is 10.1 Å². The second-order valence-corrected chi connectivity index (χ2v) is 6.19. The Hall–Kier alpha value is -1.32. The van der Waals surface area contributed by atoms with E-state index in [9.17, 15) is 0 Å². The van der Waals surface area contributed by atoms with Crippen molar-refractivity contribution in [2.24, 2.45) is 5.41 Å². The van der Waals surface area contributed by atoms with Gasteiger partial charge in [-0.25, -0.2) is 9.97 Å². The molecule has 0 saturated heterocycles. The van der Waals surface area contributed by atoms with Gasteiger partial charge in [0.15, 0.2) is 0 Å². The van der Waals surface area contributed by atoms with Crippen molar-refractivity contribution in [2.75, 3.05) is 11.9 Å². The van der Waals surface area contributed by atoms with Crippen molar-refractivity contribution >= 4 is 5.82 Å². The van der Waals surface area contributed by atoms with Gasteiger partial charge in [-0.05, 0) is 31.1 Å². The second-order valence-electron chi connectivity index (χ2n) is 6.19. The van der Waals surface area contributed by atoms with E-state index in [-0.39, 0.29) is 0 Å². The number of ether oxygens (including phenoxy) is 1. The fraction of sp³-hybridized carbons (Fsp3) is 0.733. The van der Waals surface area contributed by atoms with Gasteiger partial charge in [-0.1, -0.05) is 27.2 Å². The van der Waals surface area contributed by atoms with Crippen molar-refractivity contribution in [3.63, 3.8) is 0 Å². The van der Waals surface area contributed by atoms with Crippen molar-refractivity contribution in [1.29, 1.82) is 0 Å². The molecule has 2 rings (SSSR count). The van der Waals surface area contributed by atoms with Crippen LogP contribution in [0.2, 0.25) is 0 Å². The third kappa shape index (κ3) is 4.37. The maximum Gasteiger partial charge on any atom is 0.218 e. The summed E-state index contributed by atoms with van der Waals surface area (Å²) in [5, 5.41) is 3.52. The summed E-state index contributed by atoms with van der Waals surface area (Å²) in [4.78, 5) is 8.41. The van der Waals surface area contributed by atoms with E-state index in [0.29, 0.717) is 23.9 Å². The summed E-state index contributed by atoms with van der Waals surface area (Å²) < 4.78 is 5.53. The van der Waals surface area contributed by atoms with Gasteiger partial charge in [0.1, 0.15) is 12.1 Å². The first-order valence-corrected chi connectivity index (χ1v) is 7.30. The molecule has 1 aromatic rings. The van der Waals surface area contributed by atoms with Crippen LogP contribution < -0.4 is 10.1 Å². The molecular weight excluding hydrogens is 238 g/mol. The largest absolute Gasteiger partial charge is 0.478 e. The van der Waals surface area contributed by atoms with Crippen LogP contribution in [-0.2, 0) is 0 Å². The van der Waals surface area contributed by atoms with Crippen molar-refractivity contribution in [3.05, 3.63) is 12.4 Å². The predicted octanol–water partition coefficient (Wildman–Crippen LogP) is 3.65. The number of rotatable bonds is 5. The summed E-state index contributed by atoms with van der Waals surface area (Å²) in [6, 6.07) is 2.41. The number of aromatic nitrogens is 2. The van der Waals surface area contributed by atoms with Crippen molar-refractivity contribution in [3.8, 4) is 5.88 Å². The summed E-state index contributed by atoms with van der Waals surface area (Å²) in [7, 11) is 0. The van der Waals surface area contributed by atoms with Crippen LogP contribution in [0.5, 0.6) is 5.88 Å². The highest BCUT2D eigenvalue weighted by Gasteiger charge is 2.27. The van der Waals surface area contributed by atoms with E-state index in [1.54, 1.807) is 6.33 Å². The molecular formula is C15H25N3O. The SMILES string of the molecule is CCCOc1cc(NC2CCCC(C)(C)C2)ncn1. The van der Waals surface area contributed by atoms with Crippen LogP contribution in [0.1, 0.15) is 52.9 Å². The molecule has 1 aromatic heterocycles. The first-order valence-electron chi connectivity index (χ1n) is 7.30. The van der Waals surface area contributed by atoms with E-state index >= 15 is 0 Å². The van der Waals surface area contributed by atoms with E-state index in [1.165, 1.54) is 25.7 Å². The number of hydrogen-bond acceptors (Lipinski definition) is 4. The van der Waals surface area contributed by atoms with Gasteiger partial charge in [0.25, 0.3) is 0 Å². The third-order valence-electron chi connectivity index (χ3n) is 3.65. The lowest BCUT2D eigenvalue weighted by Crippen LogP contribution is -2.32. The molecule has 1 heterocycles. The zero-order chi connectivity index (χ0) is 13.7. The van der Waals surface area contributed by atoms with E-state index in [4.69, 9.17) is 4.74 Å². The van der Waals surface area contributed by atoms with Crippen molar-refractivity contribution in [1.82, 2.24) is 9.97 Å². The summed E-state index contributed by atoms with van der Waals surface area (Å²) in [6.45, 7) is 7.48. The van der Waals surface area contributed by atoms with Crippen LogP contribution >= 0.6 is 0 Å². The molecule has 1 aliphatic carbocycles. The van der Waals surface area contributed by atoms with Crippen molar-refractivity contribution in [2.45, 2.75) is 58.9 Å². The quantitative estimate of drug-likeness (QED) is 0.881. The summed E-state index contributed by atoms with van der Waals surface area (Å²) in [5.74, 6) is 1.54. The molecule has 0 amide bonds. The topological polar surface area (TPSA) is 47.0 Å². The molecule has 106 valence electrons. The lowest BCUT2D eigenvalue weighted by Gasteiger charge is -2.35. The Morgan fingerprint density at radius 2 is 2.26 bits per heavy atom. The van der Waals surface area contributed by atoms with Gasteiger partial charge >= 0.3 is 0 Å². The van der Waals surface area contributed by atoms with Crippen LogP contribution in [0.25, 0.3) is 0 Å². The van der Waals surface area contributed by atoms with Crippen LogP contribution in [0, 0.1) is 5.41 Å². The van der Waals surface area contributed by atoms with E-state index in [0.717, 1.165) is 12.2 Å². The zero-order valence-electron chi connectivity index (χ0n) is 12.3. The standard InChI is InChI=1S/C15H25N3O/c1-4-8-19-14-9-13(16-11-17-14)18-12-6-5-7-15(2,3)10-12/h9,11-12H,4-8,10H2,1-3H3,(H,16,17,18). The van der Waals surface area contributed by atoms with Gasteiger partial charge in [-0.3, -0.25) is 0 Å². The Balaban J connectivity index is 1.94. The molecule has 0 aliphatic heterocycles. The predicted molar refractivity (Wildman–Crippen MR) is 77.5 cm³/mol. The zero-order valence-corrected chi connectivity index (χ0v) is 12.3. The Morgan fingerprint density at radius 1 is 1.42 bits per heavy atom. The van der Waals surface area contributed by atoms with E-state index in [2.05, 4.69) is 36.1 Å². The van der Waals surface area contributed by atoms with Crippen LogP contribution in [-0.4, -0.2) is 22.6 Å². The smallest absolute Gasteiger partial charge is 0.218 e.